The lowest BCUT2D eigenvalue weighted by Crippen LogP contribution is -2.45. The summed E-state index contributed by atoms with van der Waals surface area (Å²) < 4.78 is 30.2. The van der Waals surface area contributed by atoms with Crippen molar-refractivity contribution in [1.29, 1.82) is 0 Å². The minimum Gasteiger partial charge on any atom is -0.337 e. The molecule has 2 aliphatic heterocycles. The van der Waals surface area contributed by atoms with Crippen molar-refractivity contribution in [3.63, 3.8) is 0 Å². The van der Waals surface area contributed by atoms with Crippen molar-refractivity contribution in [2.45, 2.75) is 38.1 Å². The average molecular weight is 462 g/mol. The summed E-state index contributed by atoms with van der Waals surface area (Å²) in [4.78, 5) is 28.9. The van der Waals surface area contributed by atoms with Crippen LogP contribution in [0.15, 0.2) is 36.6 Å². The molecule has 0 aliphatic carbocycles. The van der Waals surface area contributed by atoms with Crippen LogP contribution in [0, 0.1) is 5.82 Å². The van der Waals surface area contributed by atoms with E-state index >= 15 is 4.39 Å². The number of nitrogens with one attached hydrogen (secondary N) is 1. The lowest BCUT2D eigenvalue weighted by Gasteiger charge is -2.33. The first-order chi connectivity index (χ1) is 15.1. The Morgan fingerprint density at radius 3 is 2.88 bits per heavy atom. The van der Waals surface area contributed by atoms with Gasteiger partial charge in [-0.2, -0.15) is 5.10 Å². The highest BCUT2D eigenvalue weighted by Gasteiger charge is 2.41. The second-order valence-electron chi connectivity index (χ2n) is 8.22. The quantitative estimate of drug-likeness (QED) is 0.692. The van der Waals surface area contributed by atoms with Crippen LogP contribution in [0.25, 0.3) is 0 Å². The fourth-order valence-corrected chi connectivity index (χ4v) is 4.39. The van der Waals surface area contributed by atoms with E-state index in [4.69, 9.17) is 11.6 Å². The van der Waals surface area contributed by atoms with Gasteiger partial charge in [-0.1, -0.05) is 18.2 Å². The summed E-state index contributed by atoms with van der Waals surface area (Å²) >= 11 is 5.80. The summed E-state index contributed by atoms with van der Waals surface area (Å²) in [7, 11) is 1.52. The number of hydrogen-bond donors (Lipinski definition) is 1. The molecule has 1 N–H and O–H groups in total. The van der Waals surface area contributed by atoms with Gasteiger partial charge in [-0.15, -0.1) is 5.73 Å². The second-order valence-corrected chi connectivity index (χ2v) is 8.62. The fourth-order valence-electron chi connectivity index (χ4n) is 4.21. The van der Waals surface area contributed by atoms with E-state index in [2.05, 4.69) is 22.7 Å². The monoisotopic (exact) mass is 461 g/mol. The first kappa shape index (κ1) is 22.0. The molecule has 7 nitrogen and oxygen atoms in total. The van der Waals surface area contributed by atoms with Crippen molar-refractivity contribution in [2.75, 3.05) is 18.9 Å². The Morgan fingerprint density at radius 2 is 2.19 bits per heavy atom. The zero-order chi connectivity index (χ0) is 23.2. The zero-order valence-electron chi connectivity index (χ0n) is 17.7. The predicted octanol–water partition coefficient (Wildman–Crippen LogP) is 3.79. The highest BCUT2D eigenvalue weighted by atomic mass is 35.5. The number of aromatic nitrogens is 2. The van der Waals surface area contributed by atoms with Gasteiger partial charge in [0.15, 0.2) is 5.67 Å². The van der Waals surface area contributed by atoms with E-state index in [1.165, 1.54) is 40.9 Å². The SMILES string of the molecule is C=C=C[C@]1(F)CN(C)C(=O)c2c3c(nn2C1)C[C@@H](C)N(C(=O)Nc1ccc(F)c(Cl)c1)C3. The number of anilines is 1. The van der Waals surface area contributed by atoms with Gasteiger partial charge < -0.3 is 15.1 Å². The molecule has 0 saturated heterocycles. The van der Waals surface area contributed by atoms with E-state index in [-0.39, 0.29) is 42.3 Å². The van der Waals surface area contributed by atoms with Gasteiger partial charge in [-0.25, -0.2) is 13.6 Å². The van der Waals surface area contributed by atoms with Crippen LogP contribution >= 0.6 is 11.6 Å². The molecule has 3 amide bonds. The number of fused-ring (bicyclic) bond motifs is 3. The molecule has 10 heteroatoms. The topological polar surface area (TPSA) is 70.5 Å². The number of nitrogens with zero attached hydrogens (tertiary/aromatic N) is 4. The van der Waals surface area contributed by atoms with Gasteiger partial charge in [-0.3, -0.25) is 9.48 Å². The molecule has 1 aromatic carbocycles. The first-order valence-electron chi connectivity index (χ1n) is 10.0. The number of carbonyl (C=O) groups is 2. The molecule has 0 fully saturated rings. The number of benzene rings is 1. The third kappa shape index (κ3) is 3.89. The maximum atomic E-state index is 15.4. The molecule has 0 bridgehead atoms. The van der Waals surface area contributed by atoms with Crippen molar-refractivity contribution in [2.24, 2.45) is 0 Å². The van der Waals surface area contributed by atoms with Crippen molar-refractivity contribution in [3.05, 3.63) is 64.4 Å². The standard InChI is InChI=1S/C22H22ClF2N5O2/c1-4-7-22(25)11-28(3)20(31)19-15-10-29(13(2)8-18(15)27-30(19)12-22)21(32)26-14-5-6-17(24)16(23)9-14/h5-7,9,13H,1,8,10-12H2,2-3H3,(H,26,32)/t13-,22+/m1/s1. The third-order valence-electron chi connectivity index (χ3n) is 5.74. The average Bonchev–Trinajstić information content (AvgIpc) is 3.00. The van der Waals surface area contributed by atoms with Crippen molar-refractivity contribution >= 4 is 29.2 Å². The Bertz CT molecular complexity index is 1160. The fraction of sp³-hybridized carbons (Fsp3) is 0.364. The van der Waals surface area contributed by atoms with Crippen LogP contribution in [-0.4, -0.2) is 56.8 Å². The summed E-state index contributed by atoms with van der Waals surface area (Å²) in [5.74, 6) is -0.947. The lowest BCUT2D eigenvalue weighted by molar-refractivity contribution is 0.0721. The van der Waals surface area contributed by atoms with Crippen molar-refractivity contribution < 1.29 is 18.4 Å². The predicted molar refractivity (Wildman–Crippen MR) is 116 cm³/mol. The smallest absolute Gasteiger partial charge is 0.322 e. The Hall–Kier alpha value is -3.16. The molecule has 1 aromatic heterocycles. The van der Waals surface area contributed by atoms with Gasteiger partial charge in [0.2, 0.25) is 0 Å². The van der Waals surface area contributed by atoms with Gasteiger partial charge in [0, 0.05) is 30.8 Å². The Balaban J connectivity index is 1.65. The Morgan fingerprint density at radius 1 is 1.44 bits per heavy atom. The zero-order valence-corrected chi connectivity index (χ0v) is 18.4. The molecular weight excluding hydrogens is 440 g/mol. The van der Waals surface area contributed by atoms with Crippen LogP contribution in [0.3, 0.4) is 0 Å². The number of urea groups is 1. The number of alkyl halides is 1. The molecule has 4 rings (SSSR count). The largest absolute Gasteiger partial charge is 0.337 e. The molecule has 3 heterocycles. The van der Waals surface area contributed by atoms with E-state index in [0.29, 0.717) is 23.4 Å². The third-order valence-corrected chi connectivity index (χ3v) is 6.03. The van der Waals surface area contributed by atoms with Crippen LogP contribution in [0.4, 0.5) is 19.3 Å². The maximum absolute atomic E-state index is 15.4. The van der Waals surface area contributed by atoms with Gasteiger partial charge >= 0.3 is 6.03 Å². The van der Waals surface area contributed by atoms with E-state index in [1.807, 2.05) is 6.92 Å². The van der Waals surface area contributed by atoms with Crippen LogP contribution in [0.1, 0.15) is 28.7 Å². The van der Waals surface area contributed by atoms with E-state index < -0.39 is 17.5 Å². The minimum atomic E-state index is -1.85. The number of hydrogen-bond acceptors (Lipinski definition) is 3. The van der Waals surface area contributed by atoms with Crippen LogP contribution in [-0.2, 0) is 19.5 Å². The molecule has 2 atom stereocenters. The molecule has 2 aliphatic rings. The molecule has 32 heavy (non-hydrogen) atoms. The molecule has 0 unspecified atom stereocenters. The highest BCUT2D eigenvalue weighted by Crippen LogP contribution is 2.31. The summed E-state index contributed by atoms with van der Waals surface area (Å²) in [6.07, 6.45) is 1.61. The molecule has 2 aromatic rings. The van der Waals surface area contributed by atoms with Gasteiger partial charge in [0.25, 0.3) is 5.91 Å². The Kier molecular flexibility index (Phi) is 5.56. The van der Waals surface area contributed by atoms with Crippen molar-refractivity contribution in [1.82, 2.24) is 19.6 Å². The maximum Gasteiger partial charge on any atom is 0.322 e. The molecule has 168 valence electrons. The number of rotatable bonds is 2. The second kappa shape index (κ2) is 8.07. The summed E-state index contributed by atoms with van der Waals surface area (Å²) in [5, 5.41) is 7.11. The van der Waals surface area contributed by atoms with Gasteiger partial charge in [-0.05, 0) is 31.2 Å². The molecule has 0 saturated carbocycles. The Labute approximate surface area is 188 Å². The number of amides is 3. The van der Waals surface area contributed by atoms with Crippen LogP contribution in [0.5, 0.6) is 0 Å². The van der Waals surface area contributed by atoms with Gasteiger partial charge in [0.05, 0.1) is 30.4 Å². The molecule has 0 radical (unpaired) electrons. The molecular formula is C22H22ClF2N5O2. The summed E-state index contributed by atoms with van der Waals surface area (Å²) in [6.45, 7) is 5.13. The number of carbonyl (C=O) groups excluding carboxylic acids is 2. The van der Waals surface area contributed by atoms with Gasteiger partial charge in [0.1, 0.15) is 11.5 Å². The van der Waals surface area contributed by atoms with E-state index in [0.717, 1.165) is 0 Å². The normalized spacial score (nSPS) is 22.5. The van der Waals surface area contributed by atoms with E-state index in [9.17, 15) is 14.0 Å². The van der Waals surface area contributed by atoms with Crippen LogP contribution < -0.4 is 5.32 Å². The summed E-state index contributed by atoms with van der Waals surface area (Å²) in [6, 6.07) is 3.26. The van der Waals surface area contributed by atoms with Crippen molar-refractivity contribution in [3.8, 4) is 0 Å². The summed E-state index contributed by atoms with van der Waals surface area (Å²) in [5.41, 5.74) is 2.50. The molecule has 0 spiro atoms. The lowest BCUT2D eigenvalue weighted by atomic mass is 9.99. The van der Waals surface area contributed by atoms with E-state index in [1.54, 1.807) is 4.90 Å². The number of halogens is 3. The first-order valence-corrected chi connectivity index (χ1v) is 10.4. The highest BCUT2D eigenvalue weighted by molar-refractivity contribution is 6.31. The minimum absolute atomic E-state index is 0.101. The van der Waals surface area contributed by atoms with Crippen LogP contribution in [0.2, 0.25) is 5.02 Å².